The molecular weight excluding hydrogens is 381 g/mol. The number of nitrogens with one attached hydrogen (secondary N) is 1. The third kappa shape index (κ3) is 3.25. The Morgan fingerprint density at radius 2 is 1.93 bits per heavy atom. The predicted octanol–water partition coefficient (Wildman–Crippen LogP) is 3.53. The lowest BCUT2D eigenvalue weighted by atomic mass is 10.2. The van der Waals surface area contributed by atoms with Crippen LogP contribution in [-0.2, 0) is 6.54 Å². The van der Waals surface area contributed by atoms with Crippen LogP contribution in [0.1, 0.15) is 27.4 Å². The standard InChI is InChI=1S/C23H24FN5O/c1-15-6-7-29-21(16(2)25-22(29)12-15)14-27-8-10-28(11-9-27)23(30)20-13-17-18(24)4-3-5-19(17)26-20/h3-7,12-13,26H,8-11,14H2,1-2H3. The molecular formula is C23H24FN5O. The van der Waals surface area contributed by atoms with Gasteiger partial charge in [0.25, 0.3) is 5.91 Å². The number of carbonyl (C=O) groups is 1. The summed E-state index contributed by atoms with van der Waals surface area (Å²) in [4.78, 5) is 24.8. The summed E-state index contributed by atoms with van der Waals surface area (Å²) in [7, 11) is 0. The lowest BCUT2D eigenvalue weighted by molar-refractivity contribution is 0.0621. The van der Waals surface area contributed by atoms with Gasteiger partial charge in [-0.15, -0.1) is 0 Å². The van der Waals surface area contributed by atoms with E-state index in [-0.39, 0.29) is 11.7 Å². The molecule has 0 spiro atoms. The van der Waals surface area contributed by atoms with Gasteiger partial charge in [-0.1, -0.05) is 6.07 Å². The molecule has 1 saturated heterocycles. The summed E-state index contributed by atoms with van der Waals surface area (Å²) in [5.41, 5.74) is 5.49. The highest BCUT2D eigenvalue weighted by molar-refractivity contribution is 5.98. The molecule has 1 aliphatic heterocycles. The molecule has 1 aliphatic rings. The first kappa shape index (κ1) is 18.8. The van der Waals surface area contributed by atoms with Crippen LogP contribution in [0, 0.1) is 19.7 Å². The van der Waals surface area contributed by atoms with Crippen molar-refractivity contribution in [3.8, 4) is 0 Å². The second-order valence-electron chi connectivity index (χ2n) is 8.03. The first-order chi connectivity index (χ1) is 14.5. The van der Waals surface area contributed by atoms with Crippen molar-refractivity contribution in [2.24, 2.45) is 0 Å². The van der Waals surface area contributed by atoms with Gasteiger partial charge in [-0.05, 0) is 49.7 Å². The zero-order valence-corrected chi connectivity index (χ0v) is 17.2. The van der Waals surface area contributed by atoms with Crippen molar-refractivity contribution in [3.63, 3.8) is 0 Å². The van der Waals surface area contributed by atoms with Gasteiger partial charge < -0.3 is 14.3 Å². The Morgan fingerprint density at radius 3 is 2.70 bits per heavy atom. The summed E-state index contributed by atoms with van der Waals surface area (Å²) in [6.07, 6.45) is 2.08. The number of aromatic amines is 1. The van der Waals surface area contributed by atoms with E-state index in [0.717, 1.165) is 31.0 Å². The molecule has 5 rings (SSSR count). The van der Waals surface area contributed by atoms with Crippen molar-refractivity contribution in [1.29, 1.82) is 0 Å². The maximum absolute atomic E-state index is 13.9. The van der Waals surface area contributed by atoms with E-state index in [2.05, 4.69) is 44.5 Å². The Morgan fingerprint density at radius 1 is 1.13 bits per heavy atom. The van der Waals surface area contributed by atoms with Crippen molar-refractivity contribution in [2.75, 3.05) is 26.2 Å². The monoisotopic (exact) mass is 405 g/mol. The first-order valence-electron chi connectivity index (χ1n) is 10.2. The molecule has 1 N–H and O–H groups in total. The summed E-state index contributed by atoms with van der Waals surface area (Å²) in [5.74, 6) is -0.391. The Labute approximate surface area is 173 Å². The number of benzene rings is 1. The molecule has 1 aromatic carbocycles. The lowest BCUT2D eigenvalue weighted by Crippen LogP contribution is -2.48. The topological polar surface area (TPSA) is 56.6 Å². The van der Waals surface area contributed by atoms with Crippen molar-refractivity contribution in [3.05, 3.63) is 71.1 Å². The van der Waals surface area contributed by atoms with Gasteiger partial charge in [0.2, 0.25) is 0 Å². The summed E-state index contributed by atoms with van der Waals surface area (Å²) >= 11 is 0. The van der Waals surface area contributed by atoms with E-state index in [4.69, 9.17) is 0 Å². The Kier molecular flexibility index (Phi) is 4.55. The van der Waals surface area contributed by atoms with Gasteiger partial charge >= 0.3 is 0 Å². The van der Waals surface area contributed by atoms with Crippen molar-refractivity contribution < 1.29 is 9.18 Å². The summed E-state index contributed by atoms with van der Waals surface area (Å²) < 4.78 is 16.1. The van der Waals surface area contributed by atoms with Gasteiger partial charge in [0.1, 0.15) is 17.2 Å². The fraction of sp³-hybridized carbons (Fsp3) is 0.304. The molecule has 0 atom stereocenters. The number of nitrogens with zero attached hydrogens (tertiary/aromatic N) is 4. The van der Waals surface area contributed by atoms with Gasteiger partial charge in [0.05, 0.1) is 11.4 Å². The smallest absolute Gasteiger partial charge is 0.270 e. The van der Waals surface area contributed by atoms with Gasteiger partial charge in [-0.25, -0.2) is 9.37 Å². The van der Waals surface area contributed by atoms with E-state index >= 15 is 0 Å². The number of hydrogen-bond acceptors (Lipinski definition) is 3. The van der Waals surface area contributed by atoms with Crippen molar-refractivity contribution >= 4 is 22.5 Å². The molecule has 0 radical (unpaired) electrons. The van der Waals surface area contributed by atoms with E-state index in [1.165, 1.54) is 17.3 Å². The normalized spacial score (nSPS) is 15.4. The van der Waals surface area contributed by atoms with E-state index in [1.807, 2.05) is 11.8 Å². The van der Waals surface area contributed by atoms with Gasteiger partial charge in [0.15, 0.2) is 0 Å². The van der Waals surface area contributed by atoms with E-state index in [1.54, 1.807) is 18.2 Å². The van der Waals surface area contributed by atoms with E-state index in [9.17, 15) is 9.18 Å². The number of aromatic nitrogens is 3. The summed E-state index contributed by atoms with van der Waals surface area (Å²) in [5, 5.41) is 0.456. The maximum Gasteiger partial charge on any atom is 0.270 e. The molecule has 4 heterocycles. The minimum atomic E-state index is -0.314. The largest absolute Gasteiger partial charge is 0.350 e. The number of pyridine rings is 1. The van der Waals surface area contributed by atoms with E-state index in [0.29, 0.717) is 29.7 Å². The number of carbonyl (C=O) groups excluding carboxylic acids is 1. The van der Waals surface area contributed by atoms with Crippen molar-refractivity contribution in [2.45, 2.75) is 20.4 Å². The number of halogens is 1. The highest BCUT2D eigenvalue weighted by Crippen LogP contribution is 2.21. The average molecular weight is 405 g/mol. The number of piperazine rings is 1. The molecule has 0 saturated carbocycles. The molecule has 3 aromatic heterocycles. The second kappa shape index (κ2) is 7.25. The predicted molar refractivity (Wildman–Crippen MR) is 114 cm³/mol. The first-order valence-corrected chi connectivity index (χ1v) is 10.2. The zero-order chi connectivity index (χ0) is 20.8. The van der Waals surface area contributed by atoms with Crippen LogP contribution in [0.2, 0.25) is 0 Å². The molecule has 1 fully saturated rings. The van der Waals surface area contributed by atoms with Crippen molar-refractivity contribution in [1.82, 2.24) is 24.2 Å². The minimum absolute atomic E-state index is 0.0771. The molecule has 154 valence electrons. The molecule has 7 heteroatoms. The minimum Gasteiger partial charge on any atom is -0.350 e. The van der Waals surface area contributed by atoms with Crippen LogP contribution >= 0.6 is 0 Å². The molecule has 0 bridgehead atoms. The van der Waals surface area contributed by atoms with Crippen LogP contribution in [0.25, 0.3) is 16.6 Å². The molecule has 30 heavy (non-hydrogen) atoms. The quantitative estimate of drug-likeness (QED) is 0.567. The lowest BCUT2D eigenvalue weighted by Gasteiger charge is -2.34. The van der Waals surface area contributed by atoms with Crippen LogP contribution in [0.5, 0.6) is 0 Å². The number of H-pyrrole nitrogens is 1. The number of amides is 1. The van der Waals surface area contributed by atoms with Gasteiger partial charge in [0, 0.05) is 49.8 Å². The number of fused-ring (bicyclic) bond motifs is 2. The fourth-order valence-electron chi connectivity index (χ4n) is 4.23. The fourth-order valence-corrected chi connectivity index (χ4v) is 4.23. The average Bonchev–Trinajstić information content (AvgIpc) is 3.30. The number of rotatable bonds is 3. The highest BCUT2D eigenvalue weighted by Gasteiger charge is 2.24. The van der Waals surface area contributed by atoms with E-state index < -0.39 is 0 Å². The van der Waals surface area contributed by atoms with Crippen LogP contribution in [0.4, 0.5) is 4.39 Å². The third-order valence-corrected chi connectivity index (χ3v) is 5.95. The molecule has 1 amide bonds. The summed E-state index contributed by atoms with van der Waals surface area (Å²) in [6.45, 7) is 7.79. The highest BCUT2D eigenvalue weighted by atomic mass is 19.1. The van der Waals surface area contributed by atoms with Crippen LogP contribution in [0.3, 0.4) is 0 Å². The molecule has 0 unspecified atom stereocenters. The van der Waals surface area contributed by atoms with Gasteiger partial charge in [-0.2, -0.15) is 0 Å². The second-order valence-corrected chi connectivity index (χ2v) is 8.03. The van der Waals surface area contributed by atoms with Crippen LogP contribution in [0.15, 0.2) is 42.6 Å². The third-order valence-electron chi connectivity index (χ3n) is 5.95. The maximum atomic E-state index is 13.9. The zero-order valence-electron chi connectivity index (χ0n) is 17.2. The van der Waals surface area contributed by atoms with Crippen LogP contribution in [-0.4, -0.2) is 56.3 Å². The number of aryl methyl sites for hydroxylation is 2. The Balaban J connectivity index is 1.28. The SMILES string of the molecule is Cc1ccn2c(CN3CCN(C(=O)c4cc5c(F)cccc5[nH]4)CC3)c(C)nc2c1. The molecule has 4 aromatic rings. The Hall–Kier alpha value is -3.19. The van der Waals surface area contributed by atoms with Gasteiger partial charge in [-0.3, -0.25) is 9.69 Å². The number of imidazole rings is 1. The van der Waals surface area contributed by atoms with Crippen LogP contribution < -0.4 is 0 Å². The molecule has 6 nitrogen and oxygen atoms in total. The Bertz CT molecular complexity index is 1250. The summed E-state index contributed by atoms with van der Waals surface area (Å²) in [6, 6.07) is 10.6. The number of hydrogen-bond donors (Lipinski definition) is 1. The molecule has 0 aliphatic carbocycles.